The molecule has 0 saturated carbocycles. The van der Waals surface area contributed by atoms with Crippen LogP contribution < -0.4 is 0 Å². The van der Waals surface area contributed by atoms with Gasteiger partial charge in [0.1, 0.15) is 13.2 Å². The maximum absolute atomic E-state index is 12.8. The van der Waals surface area contributed by atoms with E-state index >= 15 is 0 Å². The van der Waals surface area contributed by atoms with Crippen molar-refractivity contribution in [2.75, 3.05) is 13.2 Å². The summed E-state index contributed by atoms with van der Waals surface area (Å²) in [5, 5.41) is 0. The fourth-order valence-corrected chi connectivity index (χ4v) is 8.34. The van der Waals surface area contributed by atoms with Crippen LogP contribution in [0.5, 0.6) is 0 Å². The Bertz CT molecular complexity index is 931. The molecule has 362 valence electrons. The molecule has 0 aromatic heterocycles. The Balaban J connectivity index is 4.29. The number of hydrogen-bond acceptors (Lipinski definition) is 6. The molecule has 61 heavy (non-hydrogen) atoms. The second-order valence-corrected chi connectivity index (χ2v) is 19.8. The van der Waals surface area contributed by atoms with Gasteiger partial charge in [0.25, 0.3) is 0 Å². The minimum Gasteiger partial charge on any atom is -0.462 e. The lowest BCUT2D eigenvalue weighted by atomic mass is 10.0. The summed E-state index contributed by atoms with van der Waals surface area (Å²) in [6, 6.07) is 0. The third-order valence-electron chi connectivity index (χ3n) is 12.5. The molecule has 0 saturated heterocycles. The monoisotopic (exact) mass is 863 g/mol. The average Bonchev–Trinajstić information content (AvgIpc) is 3.23. The summed E-state index contributed by atoms with van der Waals surface area (Å²) in [5.74, 6) is 0.789. The third kappa shape index (κ3) is 49.3. The number of rotatable bonds is 49. The number of carbonyl (C=O) groups is 3. The van der Waals surface area contributed by atoms with Crippen LogP contribution in [0.4, 0.5) is 0 Å². The number of carbonyl (C=O) groups excluding carboxylic acids is 3. The first-order valence-electron chi connectivity index (χ1n) is 27.2. The molecule has 0 aromatic carbocycles. The first-order valence-corrected chi connectivity index (χ1v) is 27.2. The number of ether oxygens (including phenoxy) is 3. The van der Waals surface area contributed by atoms with Crippen molar-refractivity contribution in [2.24, 2.45) is 11.8 Å². The molecule has 0 aromatic rings. The molecule has 6 nitrogen and oxygen atoms in total. The van der Waals surface area contributed by atoms with Crippen molar-refractivity contribution < 1.29 is 28.6 Å². The Labute approximate surface area is 380 Å². The minimum atomic E-state index is -0.762. The molecule has 0 aliphatic rings. The summed E-state index contributed by atoms with van der Waals surface area (Å²) in [4.78, 5) is 38.0. The van der Waals surface area contributed by atoms with Gasteiger partial charge in [-0.2, -0.15) is 0 Å². The van der Waals surface area contributed by atoms with Crippen LogP contribution in [-0.4, -0.2) is 37.2 Å². The van der Waals surface area contributed by atoms with E-state index in [-0.39, 0.29) is 31.1 Å². The van der Waals surface area contributed by atoms with E-state index in [1.807, 2.05) is 0 Å². The number of unbranched alkanes of at least 4 members (excludes halogenated alkanes) is 34. The molecule has 1 atom stereocenters. The highest BCUT2D eigenvalue weighted by Gasteiger charge is 2.19. The second kappa shape index (κ2) is 47.9. The highest BCUT2D eigenvalue weighted by atomic mass is 16.6. The molecule has 0 fully saturated rings. The van der Waals surface area contributed by atoms with Gasteiger partial charge in [-0.1, -0.05) is 266 Å². The van der Waals surface area contributed by atoms with Gasteiger partial charge in [0.2, 0.25) is 0 Å². The minimum absolute atomic E-state index is 0.0635. The fraction of sp³-hybridized carbons (Fsp3) is 0.945. The zero-order valence-electron chi connectivity index (χ0n) is 41.8. The van der Waals surface area contributed by atoms with Gasteiger partial charge >= 0.3 is 17.9 Å². The van der Waals surface area contributed by atoms with E-state index in [1.54, 1.807) is 0 Å². The standard InChI is InChI=1S/C55H106O6/c1-6-7-8-9-10-11-12-13-14-15-18-21-24-30-35-40-45-53(56)59-48-52(49-60-54(57)46-41-36-31-27-26-29-34-39-44-51(4)5)61-55(58)47-42-37-32-25-22-19-16-17-20-23-28-33-38-43-50(2)3/h50-52H,6-49H2,1-5H3/t52-/m0/s1. The second-order valence-electron chi connectivity index (χ2n) is 19.8. The molecule has 0 rings (SSSR count). The van der Waals surface area contributed by atoms with Crippen molar-refractivity contribution >= 4 is 17.9 Å². The molecule has 0 aliphatic carbocycles. The van der Waals surface area contributed by atoms with Crippen molar-refractivity contribution in [3.8, 4) is 0 Å². The first kappa shape index (κ1) is 59.4. The van der Waals surface area contributed by atoms with Crippen molar-refractivity contribution in [3.05, 3.63) is 0 Å². The molecule has 0 spiro atoms. The van der Waals surface area contributed by atoms with E-state index in [2.05, 4.69) is 34.6 Å². The fourth-order valence-electron chi connectivity index (χ4n) is 8.34. The van der Waals surface area contributed by atoms with Crippen LogP contribution in [0, 0.1) is 11.8 Å². The SMILES string of the molecule is CCCCCCCCCCCCCCCCCCC(=O)OC[C@@H](COC(=O)CCCCCCCCCCC(C)C)OC(=O)CCCCCCCCCCCCCCCC(C)C. The van der Waals surface area contributed by atoms with E-state index < -0.39 is 6.10 Å². The topological polar surface area (TPSA) is 78.9 Å². The predicted molar refractivity (Wildman–Crippen MR) is 261 cm³/mol. The average molecular weight is 863 g/mol. The largest absolute Gasteiger partial charge is 0.462 e. The zero-order chi connectivity index (χ0) is 44.7. The van der Waals surface area contributed by atoms with Gasteiger partial charge in [-0.3, -0.25) is 14.4 Å². The molecule has 0 bridgehead atoms. The smallest absolute Gasteiger partial charge is 0.306 e. The summed E-state index contributed by atoms with van der Waals surface area (Å²) in [6.07, 6.45) is 49.5. The normalized spacial score (nSPS) is 12.0. The summed E-state index contributed by atoms with van der Waals surface area (Å²) < 4.78 is 16.8. The maximum atomic E-state index is 12.8. The van der Waals surface area contributed by atoms with Crippen LogP contribution in [0.3, 0.4) is 0 Å². The quantitative estimate of drug-likeness (QED) is 0.0344. The summed E-state index contributed by atoms with van der Waals surface area (Å²) >= 11 is 0. The molecular formula is C55H106O6. The zero-order valence-corrected chi connectivity index (χ0v) is 41.8. The van der Waals surface area contributed by atoms with Crippen LogP contribution in [0.2, 0.25) is 0 Å². The van der Waals surface area contributed by atoms with Crippen LogP contribution in [0.25, 0.3) is 0 Å². The molecular weight excluding hydrogens is 757 g/mol. The van der Waals surface area contributed by atoms with E-state index in [0.29, 0.717) is 19.3 Å². The maximum Gasteiger partial charge on any atom is 0.306 e. The molecule has 0 aliphatic heterocycles. The van der Waals surface area contributed by atoms with E-state index in [1.165, 1.54) is 193 Å². The van der Waals surface area contributed by atoms with Gasteiger partial charge in [-0.15, -0.1) is 0 Å². The van der Waals surface area contributed by atoms with E-state index in [4.69, 9.17) is 14.2 Å². The van der Waals surface area contributed by atoms with Crippen molar-refractivity contribution in [1.29, 1.82) is 0 Å². The highest BCUT2D eigenvalue weighted by molar-refractivity contribution is 5.71. The lowest BCUT2D eigenvalue weighted by Crippen LogP contribution is -2.30. The van der Waals surface area contributed by atoms with Gasteiger partial charge in [0.15, 0.2) is 6.10 Å². The Morgan fingerprint density at radius 3 is 0.803 bits per heavy atom. The summed E-state index contributed by atoms with van der Waals surface area (Å²) in [7, 11) is 0. The highest BCUT2D eigenvalue weighted by Crippen LogP contribution is 2.18. The Morgan fingerprint density at radius 2 is 0.541 bits per heavy atom. The van der Waals surface area contributed by atoms with Crippen molar-refractivity contribution in [3.63, 3.8) is 0 Å². The van der Waals surface area contributed by atoms with E-state index in [0.717, 1.165) is 69.6 Å². The third-order valence-corrected chi connectivity index (χ3v) is 12.5. The molecule has 0 N–H and O–H groups in total. The lowest BCUT2D eigenvalue weighted by Gasteiger charge is -2.18. The molecule has 0 heterocycles. The van der Waals surface area contributed by atoms with Crippen LogP contribution in [0.15, 0.2) is 0 Å². The Kier molecular flexibility index (Phi) is 46.6. The Hall–Kier alpha value is -1.59. The molecule has 0 amide bonds. The van der Waals surface area contributed by atoms with Crippen LogP contribution in [-0.2, 0) is 28.6 Å². The molecule has 0 radical (unpaired) electrons. The summed E-state index contributed by atoms with van der Waals surface area (Å²) in [5.41, 5.74) is 0. The molecule has 0 unspecified atom stereocenters. The van der Waals surface area contributed by atoms with Crippen LogP contribution in [0.1, 0.15) is 304 Å². The Morgan fingerprint density at radius 1 is 0.311 bits per heavy atom. The van der Waals surface area contributed by atoms with Gasteiger partial charge in [0.05, 0.1) is 0 Å². The van der Waals surface area contributed by atoms with Crippen molar-refractivity contribution in [1.82, 2.24) is 0 Å². The first-order chi connectivity index (χ1) is 29.7. The van der Waals surface area contributed by atoms with E-state index in [9.17, 15) is 14.4 Å². The molecule has 6 heteroatoms. The number of esters is 3. The number of hydrogen-bond donors (Lipinski definition) is 0. The van der Waals surface area contributed by atoms with Crippen molar-refractivity contribution in [2.45, 2.75) is 310 Å². The van der Waals surface area contributed by atoms with Crippen LogP contribution >= 0.6 is 0 Å². The van der Waals surface area contributed by atoms with Gasteiger partial charge < -0.3 is 14.2 Å². The predicted octanol–water partition coefficient (Wildman–Crippen LogP) is 17.7. The van der Waals surface area contributed by atoms with Gasteiger partial charge in [-0.25, -0.2) is 0 Å². The lowest BCUT2D eigenvalue weighted by molar-refractivity contribution is -0.167. The van der Waals surface area contributed by atoms with Gasteiger partial charge in [0, 0.05) is 19.3 Å². The summed E-state index contributed by atoms with van der Waals surface area (Å²) in [6.45, 7) is 11.4. The van der Waals surface area contributed by atoms with Gasteiger partial charge in [-0.05, 0) is 31.1 Å².